The Morgan fingerprint density at radius 1 is 1.00 bits per heavy atom. The minimum atomic E-state index is 0.513. The smallest absolute Gasteiger partial charge is 0.136 e. The second kappa shape index (κ2) is 5.43. The van der Waals surface area contributed by atoms with Crippen molar-refractivity contribution >= 4 is 38.3 Å². The molecule has 0 amide bonds. The first-order valence-electron chi connectivity index (χ1n) is 6.07. The van der Waals surface area contributed by atoms with Gasteiger partial charge in [0.15, 0.2) is 0 Å². The lowest BCUT2D eigenvalue weighted by atomic mass is 10.0. The molecule has 0 saturated heterocycles. The molecule has 1 aromatic heterocycles. The van der Waals surface area contributed by atoms with E-state index >= 15 is 0 Å². The molecule has 0 aliphatic carbocycles. The number of aromatic nitrogens is 1. The van der Waals surface area contributed by atoms with Gasteiger partial charge in [-0.25, -0.2) is 4.98 Å². The summed E-state index contributed by atoms with van der Waals surface area (Å²) in [7, 11) is 1.66. The van der Waals surface area contributed by atoms with Crippen LogP contribution in [0.25, 0.3) is 21.9 Å². The third-order valence-electron chi connectivity index (χ3n) is 3.21. The fourth-order valence-corrected chi connectivity index (χ4v) is 2.79. The van der Waals surface area contributed by atoms with Gasteiger partial charge < -0.3 is 4.74 Å². The molecule has 0 radical (unpaired) electrons. The van der Waals surface area contributed by atoms with Crippen LogP contribution in [0.15, 0.2) is 53.1 Å². The van der Waals surface area contributed by atoms with Crippen LogP contribution >= 0.6 is 27.5 Å². The molecule has 0 atom stereocenters. The number of ether oxygens (including phenoxy) is 1. The first kappa shape index (κ1) is 13.4. The highest BCUT2D eigenvalue weighted by Gasteiger charge is 2.06. The van der Waals surface area contributed by atoms with E-state index in [4.69, 9.17) is 16.3 Å². The van der Waals surface area contributed by atoms with Crippen molar-refractivity contribution in [3.05, 3.63) is 58.3 Å². The van der Waals surface area contributed by atoms with Gasteiger partial charge >= 0.3 is 0 Å². The van der Waals surface area contributed by atoms with Crippen molar-refractivity contribution in [1.82, 2.24) is 4.98 Å². The van der Waals surface area contributed by atoms with E-state index in [1.165, 1.54) is 0 Å². The van der Waals surface area contributed by atoms with E-state index in [1.54, 1.807) is 13.3 Å². The van der Waals surface area contributed by atoms with Crippen LogP contribution < -0.4 is 4.74 Å². The number of methoxy groups -OCH3 is 1. The molecule has 0 fully saturated rings. The number of pyridine rings is 1. The first-order valence-corrected chi connectivity index (χ1v) is 7.24. The Balaban J connectivity index is 2.14. The summed E-state index contributed by atoms with van der Waals surface area (Å²) in [6.45, 7) is 0. The van der Waals surface area contributed by atoms with Crippen LogP contribution in [0.3, 0.4) is 0 Å². The minimum Gasteiger partial charge on any atom is -0.497 e. The van der Waals surface area contributed by atoms with Gasteiger partial charge in [0.1, 0.15) is 10.9 Å². The zero-order valence-electron chi connectivity index (χ0n) is 10.7. The van der Waals surface area contributed by atoms with Crippen LogP contribution in [0.4, 0.5) is 0 Å². The molecule has 3 aromatic rings. The van der Waals surface area contributed by atoms with E-state index in [0.29, 0.717) is 5.15 Å². The summed E-state index contributed by atoms with van der Waals surface area (Å²) in [6, 6.07) is 14.1. The van der Waals surface area contributed by atoms with Crippen LogP contribution in [-0.2, 0) is 0 Å². The highest BCUT2D eigenvalue weighted by molar-refractivity contribution is 9.10. The van der Waals surface area contributed by atoms with Crippen LogP contribution in [0.1, 0.15) is 0 Å². The fourth-order valence-electron chi connectivity index (χ4n) is 2.14. The Labute approximate surface area is 130 Å². The van der Waals surface area contributed by atoms with E-state index in [9.17, 15) is 0 Å². The number of halogens is 2. The summed E-state index contributed by atoms with van der Waals surface area (Å²) >= 11 is 9.68. The van der Waals surface area contributed by atoms with Crippen LogP contribution in [0.2, 0.25) is 5.15 Å². The summed E-state index contributed by atoms with van der Waals surface area (Å²) in [6.07, 6.45) is 1.72. The average Bonchev–Trinajstić information content (AvgIpc) is 2.51. The number of nitrogens with zero attached hydrogens (tertiary/aromatic N) is 1. The second-order valence-electron chi connectivity index (χ2n) is 4.39. The predicted molar refractivity (Wildman–Crippen MR) is 86.4 cm³/mol. The van der Waals surface area contributed by atoms with E-state index in [-0.39, 0.29) is 0 Å². The van der Waals surface area contributed by atoms with Gasteiger partial charge in [0.05, 0.1) is 7.11 Å². The van der Waals surface area contributed by atoms with Crippen LogP contribution in [0, 0.1) is 0 Å². The van der Waals surface area contributed by atoms with Crippen LogP contribution in [-0.4, -0.2) is 12.1 Å². The van der Waals surface area contributed by atoms with Gasteiger partial charge in [0, 0.05) is 21.4 Å². The number of rotatable bonds is 2. The molecule has 0 saturated carbocycles. The average molecular weight is 349 g/mol. The zero-order valence-corrected chi connectivity index (χ0v) is 13.1. The third kappa shape index (κ3) is 2.39. The molecule has 0 N–H and O–H groups in total. The van der Waals surface area contributed by atoms with E-state index in [2.05, 4.69) is 33.0 Å². The van der Waals surface area contributed by atoms with Gasteiger partial charge in [0.25, 0.3) is 0 Å². The molecular weight excluding hydrogens is 338 g/mol. The SMILES string of the molecule is COc1ccc(-c2ccc3c(Br)cnc(Cl)c3c2)cc1. The largest absolute Gasteiger partial charge is 0.497 e. The molecular formula is C16H11BrClNO. The lowest BCUT2D eigenvalue weighted by molar-refractivity contribution is 0.415. The van der Waals surface area contributed by atoms with Crippen LogP contribution in [0.5, 0.6) is 5.75 Å². The Hall–Kier alpha value is -1.58. The second-order valence-corrected chi connectivity index (χ2v) is 5.60. The number of hydrogen-bond acceptors (Lipinski definition) is 2. The molecule has 1 heterocycles. The minimum absolute atomic E-state index is 0.513. The zero-order chi connectivity index (χ0) is 14.1. The molecule has 100 valence electrons. The predicted octanol–water partition coefficient (Wildman–Crippen LogP) is 5.33. The van der Waals surface area contributed by atoms with Crippen molar-refractivity contribution in [3.63, 3.8) is 0 Å². The van der Waals surface area contributed by atoms with E-state index in [1.807, 2.05) is 30.3 Å². The molecule has 0 spiro atoms. The Morgan fingerprint density at radius 3 is 2.40 bits per heavy atom. The molecule has 0 aliphatic rings. The standard InChI is InChI=1S/C16H11BrClNO/c1-20-12-5-2-10(3-6-12)11-4-7-13-14(8-11)16(18)19-9-15(13)17/h2-9H,1H3. The summed E-state index contributed by atoms with van der Waals surface area (Å²) < 4.78 is 6.12. The number of benzene rings is 2. The summed E-state index contributed by atoms with van der Waals surface area (Å²) in [5, 5.41) is 2.51. The fraction of sp³-hybridized carbons (Fsp3) is 0.0625. The maximum atomic E-state index is 6.18. The van der Waals surface area contributed by atoms with Crippen molar-refractivity contribution in [2.45, 2.75) is 0 Å². The van der Waals surface area contributed by atoms with E-state index < -0.39 is 0 Å². The molecule has 2 aromatic carbocycles. The molecule has 0 aliphatic heterocycles. The van der Waals surface area contributed by atoms with Crippen molar-refractivity contribution < 1.29 is 4.74 Å². The Kier molecular flexibility index (Phi) is 3.64. The van der Waals surface area contributed by atoms with Gasteiger partial charge in [-0.15, -0.1) is 0 Å². The molecule has 0 bridgehead atoms. The number of fused-ring (bicyclic) bond motifs is 1. The first-order chi connectivity index (χ1) is 9.69. The van der Waals surface area contributed by atoms with Gasteiger partial charge in [-0.1, -0.05) is 35.9 Å². The lowest BCUT2D eigenvalue weighted by Gasteiger charge is -2.07. The normalized spacial score (nSPS) is 10.8. The van der Waals surface area contributed by atoms with Gasteiger partial charge in [0.2, 0.25) is 0 Å². The van der Waals surface area contributed by atoms with Crippen molar-refractivity contribution in [3.8, 4) is 16.9 Å². The molecule has 3 rings (SSSR count). The molecule has 4 heteroatoms. The van der Waals surface area contributed by atoms with Gasteiger partial charge in [-0.2, -0.15) is 0 Å². The maximum Gasteiger partial charge on any atom is 0.136 e. The summed E-state index contributed by atoms with van der Waals surface area (Å²) in [5.74, 6) is 0.844. The topological polar surface area (TPSA) is 22.1 Å². The van der Waals surface area contributed by atoms with Crippen molar-refractivity contribution in [2.24, 2.45) is 0 Å². The molecule has 2 nitrogen and oxygen atoms in total. The maximum absolute atomic E-state index is 6.18. The summed E-state index contributed by atoms with van der Waals surface area (Å²) in [5.41, 5.74) is 2.21. The molecule has 20 heavy (non-hydrogen) atoms. The summed E-state index contributed by atoms with van der Waals surface area (Å²) in [4.78, 5) is 4.17. The van der Waals surface area contributed by atoms with Crippen molar-refractivity contribution in [2.75, 3.05) is 7.11 Å². The quantitative estimate of drug-likeness (QED) is 0.584. The third-order valence-corrected chi connectivity index (χ3v) is 4.15. The van der Waals surface area contributed by atoms with Gasteiger partial charge in [-0.3, -0.25) is 0 Å². The Bertz CT molecular complexity index is 771. The van der Waals surface area contributed by atoms with Crippen molar-refractivity contribution in [1.29, 1.82) is 0 Å². The number of hydrogen-bond donors (Lipinski definition) is 0. The van der Waals surface area contributed by atoms with E-state index in [0.717, 1.165) is 32.1 Å². The Morgan fingerprint density at radius 2 is 1.70 bits per heavy atom. The van der Waals surface area contributed by atoms with Gasteiger partial charge in [-0.05, 0) is 45.3 Å². The lowest BCUT2D eigenvalue weighted by Crippen LogP contribution is -1.85. The monoisotopic (exact) mass is 347 g/mol. The highest BCUT2D eigenvalue weighted by Crippen LogP contribution is 2.32. The molecule has 0 unspecified atom stereocenters. The highest BCUT2D eigenvalue weighted by atomic mass is 79.9.